The molecule has 3 nitrogen and oxygen atoms in total. The first-order valence-electron chi connectivity index (χ1n) is 10.6. The second kappa shape index (κ2) is 9.43. The Bertz CT molecular complexity index is 746. The van der Waals surface area contributed by atoms with Crippen molar-refractivity contribution in [2.24, 2.45) is 5.92 Å². The van der Waals surface area contributed by atoms with Crippen molar-refractivity contribution in [3.8, 4) is 11.8 Å². The molecular weight excluding hydrogens is 346 g/mol. The maximum absolute atomic E-state index is 12.5. The van der Waals surface area contributed by atoms with Crippen molar-refractivity contribution in [2.75, 3.05) is 26.3 Å². The highest BCUT2D eigenvalue weighted by Gasteiger charge is 2.17. The topological polar surface area (TPSA) is 29.5 Å². The Labute approximate surface area is 170 Å². The molecule has 1 saturated carbocycles. The zero-order valence-corrected chi connectivity index (χ0v) is 17.6. The Balaban J connectivity index is 1.84. The van der Waals surface area contributed by atoms with Gasteiger partial charge in [-0.3, -0.25) is 4.79 Å². The summed E-state index contributed by atoms with van der Waals surface area (Å²) in [6, 6.07) is 8.69. The highest BCUT2D eigenvalue weighted by Crippen LogP contribution is 2.29. The molecule has 1 aliphatic heterocycles. The maximum atomic E-state index is 12.5. The minimum Gasteiger partial charge on any atom is -0.378 e. The lowest BCUT2D eigenvalue weighted by molar-refractivity contribution is -0.129. The van der Waals surface area contributed by atoms with Crippen molar-refractivity contribution in [3.05, 3.63) is 41.5 Å². The minimum atomic E-state index is -0.0934. The van der Waals surface area contributed by atoms with Crippen molar-refractivity contribution in [3.63, 3.8) is 0 Å². The number of ether oxygens (including phenoxy) is 1. The monoisotopic (exact) mass is 379 g/mol. The Morgan fingerprint density at radius 1 is 1.04 bits per heavy atom. The van der Waals surface area contributed by atoms with E-state index < -0.39 is 0 Å². The van der Waals surface area contributed by atoms with Crippen LogP contribution in [0.5, 0.6) is 0 Å². The maximum Gasteiger partial charge on any atom is 0.298 e. The molecule has 0 unspecified atom stereocenters. The molecule has 3 rings (SSSR count). The Morgan fingerprint density at radius 3 is 2.29 bits per heavy atom. The van der Waals surface area contributed by atoms with Gasteiger partial charge in [-0.25, -0.2) is 0 Å². The van der Waals surface area contributed by atoms with Gasteiger partial charge in [0.25, 0.3) is 5.91 Å². The quantitative estimate of drug-likeness (QED) is 0.690. The number of carbonyl (C=O) groups is 1. The van der Waals surface area contributed by atoms with Crippen LogP contribution >= 0.6 is 0 Å². The zero-order valence-electron chi connectivity index (χ0n) is 17.6. The van der Waals surface area contributed by atoms with Crippen molar-refractivity contribution < 1.29 is 9.53 Å². The van der Waals surface area contributed by atoms with Gasteiger partial charge in [-0.15, -0.1) is 0 Å². The van der Waals surface area contributed by atoms with Gasteiger partial charge in [0.05, 0.1) is 13.2 Å². The molecule has 0 atom stereocenters. The van der Waals surface area contributed by atoms with Crippen LogP contribution in [0.4, 0.5) is 0 Å². The van der Waals surface area contributed by atoms with E-state index in [9.17, 15) is 4.79 Å². The van der Waals surface area contributed by atoms with Crippen molar-refractivity contribution in [1.82, 2.24) is 4.90 Å². The number of rotatable bonds is 2. The van der Waals surface area contributed by atoms with Gasteiger partial charge >= 0.3 is 0 Å². The smallest absolute Gasteiger partial charge is 0.298 e. The predicted octanol–water partition coefficient (Wildman–Crippen LogP) is 4.81. The molecule has 1 heterocycles. The van der Waals surface area contributed by atoms with Crippen LogP contribution in [0.3, 0.4) is 0 Å². The number of allylic oxidation sites excluding steroid dienone is 2. The first kappa shape index (κ1) is 20.7. The van der Waals surface area contributed by atoms with Gasteiger partial charge in [-0.2, -0.15) is 0 Å². The second-order valence-electron chi connectivity index (χ2n) is 8.96. The van der Waals surface area contributed by atoms with Gasteiger partial charge in [-0.1, -0.05) is 76.3 Å². The lowest BCUT2D eigenvalue weighted by atomic mass is 9.85. The highest BCUT2D eigenvalue weighted by molar-refractivity contribution is 5.97. The van der Waals surface area contributed by atoms with Crippen LogP contribution in [0.2, 0.25) is 0 Å². The van der Waals surface area contributed by atoms with E-state index in [0.29, 0.717) is 32.2 Å². The number of hydrogen-bond acceptors (Lipinski definition) is 2. The Morgan fingerprint density at radius 2 is 1.68 bits per heavy atom. The summed E-state index contributed by atoms with van der Waals surface area (Å²) in [4.78, 5) is 14.3. The van der Waals surface area contributed by atoms with Crippen LogP contribution in [0.1, 0.15) is 64.0 Å². The van der Waals surface area contributed by atoms with Gasteiger partial charge in [0.2, 0.25) is 0 Å². The molecule has 0 N–H and O–H groups in total. The van der Waals surface area contributed by atoms with E-state index in [1.54, 1.807) is 4.90 Å². The molecular formula is C25H33NO2. The third-order valence-corrected chi connectivity index (χ3v) is 5.72. The van der Waals surface area contributed by atoms with E-state index in [4.69, 9.17) is 4.74 Å². The number of nitrogens with zero attached hydrogens (tertiary/aromatic N) is 1. The molecule has 0 spiro atoms. The summed E-state index contributed by atoms with van der Waals surface area (Å²) in [5.41, 5.74) is 3.55. The first-order chi connectivity index (χ1) is 13.4. The molecule has 2 fully saturated rings. The standard InChI is InChI=1S/C25H33NO2/c1-25(2,3)23-12-9-21(10-13-23)22(19-20-7-5-4-6-8-20)11-14-24(27)26-15-17-28-18-16-26/h9-10,12-13,19-20H,4-8,15-18H2,1-3H3/b22-19-. The Hall–Kier alpha value is -2.05. The number of morpholine rings is 1. The lowest BCUT2D eigenvalue weighted by Gasteiger charge is -2.24. The summed E-state index contributed by atoms with van der Waals surface area (Å²) in [5.74, 6) is 6.59. The number of hydrogen-bond donors (Lipinski definition) is 0. The summed E-state index contributed by atoms with van der Waals surface area (Å²) < 4.78 is 5.33. The van der Waals surface area contributed by atoms with Crippen molar-refractivity contribution >= 4 is 11.5 Å². The molecule has 0 aromatic heterocycles. The molecule has 0 radical (unpaired) electrons. The van der Waals surface area contributed by atoms with Crippen LogP contribution in [-0.2, 0) is 14.9 Å². The molecule has 1 aromatic rings. The third-order valence-electron chi connectivity index (χ3n) is 5.72. The van der Waals surface area contributed by atoms with Gasteiger partial charge in [0, 0.05) is 24.6 Å². The molecule has 0 bridgehead atoms. The van der Waals surface area contributed by atoms with Crippen molar-refractivity contribution in [1.29, 1.82) is 0 Å². The van der Waals surface area contributed by atoms with E-state index in [2.05, 4.69) is 63.0 Å². The van der Waals surface area contributed by atoms with Crippen LogP contribution in [0, 0.1) is 17.8 Å². The fraction of sp³-hybridized carbons (Fsp3) is 0.560. The summed E-state index contributed by atoms with van der Waals surface area (Å²) >= 11 is 0. The Kier molecular flexibility index (Phi) is 6.97. The van der Waals surface area contributed by atoms with Gasteiger partial charge in [-0.05, 0) is 35.3 Å². The normalized spacial score (nSPS) is 19.1. The average Bonchev–Trinajstić information content (AvgIpc) is 2.72. The minimum absolute atomic E-state index is 0.0934. The van der Waals surface area contributed by atoms with Crippen molar-refractivity contribution in [2.45, 2.75) is 58.3 Å². The fourth-order valence-corrected chi connectivity index (χ4v) is 3.86. The largest absolute Gasteiger partial charge is 0.378 e. The van der Waals surface area contributed by atoms with E-state index in [1.807, 2.05) is 0 Å². The molecule has 150 valence electrons. The van der Waals surface area contributed by atoms with E-state index in [0.717, 1.165) is 11.1 Å². The van der Waals surface area contributed by atoms with E-state index >= 15 is 0 Å². The fourth-order valence-electron chi connectivity index (χ4n) is 3.86. The molecule has 1 aromatic carbocycles. The summed E-state index contributed by atoms with van der Waals surface area (Å²) in [7, 11) is 0. The van der Waals surface area contributed by atoms with Gasteiger partial charge in [0.15, 0.2) is 0 Å². The summed E-state index contributed by atoms with van der Waals surface area (Å²) in [6.45, 7) is 9.15. The van der Waals surface area contributed by atoms with E-state index in [-0.39, 0.29) is 11.3 Å². The second-order valence-corrected chi connectivity index (χ2v) is 8.96. The van der Waals surface area contributed by atoms with E-state index in [1.165, 1.54) is 37.7 Å². The van der Waals surface area contributed by atoms with Gasteiger partial charge < -0.3 is 9.64 Å². The molecule has 2 aliphatic rings. The number of benzene rings is 1. The summed E-state index contributed by atoms with van der Waals surface area (Å²) in [6.07, 6.45) is 8.67. The third kappa shape index (κ3) is 5.72. The lowest BCUT2D eigenvalue weighted by Crippen LogP contribution is -2.40. The van der Waals surface area contributed by atoms with Crippen LogP contribution in [0.15, 0.2) is 30.3 Å². The molecule has 28 heavy (non-hydrogen) atoms. The van der Waals surface area contributed by atoms with Crippen LogP contribution in [0.25, 0.3) is 5.57 Å². The van der Waals surface area contributed by atoms with Crippen LogP contribution in [-0.4, -0.2) is 37.1 Å². The van der Waals surface area contributed by atoms with Crippen LogP contribution < -0.4 is 0 Å². The molecule has 1 saturated heterocycles. The molecule has 3 heteroatoms. The predicted molar refractivity (Wildman–Crippen MR) is 115 cm³/mol. The number of carbonyl (C=O) groups excluding carboxylic acids is 1. The molecule has 1 amide bonds. The van der Waals surface area contributed by atoms with Gasteiger partial charge in [0.1, 0.15) is 0 Å². The first-order valence-corrected chi connectivity index (χ1v) is 10.6. The zero-order chi connectivity index (χ0) is 20.0. The SMILES string of the molecule is CC(C)(C)c1ccc(/C(C#CC(=O)N2CCOCC2)=C\C2CCCCC2)cc1. The average molecular weight is 380 g/mol. The summed E-state index contributed by atoms with van der Waals surface area (Å²) in [5, 5.41) is 0. The highest BCUT2D eigenvalue weighted by atomic mass is 16.5. The number of amides is 1. The molecule has 1 aliphatic carbocycles.